The van der Waals surface area contributed by atoms with Crippen LogP contribution >= 0.6 is 0 Å². The lowest BCUT2D eigenvalue weighted by Crippen LogP contribution is -2.23. The Labute approximate surface area is 124 Å². The number of ether oxygens (including phenoxy) is 1. The van der Waals surface area contributed by atoms with Crippen molar-refractivity contribution in [2.45, 2.75) is 31.6 Å². The lowest BCUT2D eigenvalue weighted by Gasteiger charge is -2.14. The summed E-state index contributed by atoms with van der Waals surface area (Å²) in [5, 5.41) is 0. The highest BCUT2D eigenvalue weighted by molar-refractivity contribution is 7.90. The summed E-state index contributed by atoms with van der Waals surface area (Å²) in [6.07, 6.45) is 3.26. The molecule has 0 radical (unpaired) electrons. The third-order valence-electron chi connectivity index (χ3n) is 3.78. The summed E-state index contributed by atoms with van der Waals surface area (Å²) >= 11 is 0. The van der Waals surface area contributed by atoms with Gasteiger partial charge < -0.3 is 10.5 Å². The third kappa shape index (κ3) is 4.25. The molecule has 0 spiro atoms. The number of carbonyl (C=O) groups excluding carboxylic acids is 1. The van der Waals surface area contributed by atoms with Crippen LogP contribution in [-0.2, 0) is 31.7 Å². The zero-order valence-corrected chi connectivity index (χ0v) is 12.9. The highest BCUT2D eigenvalue weighted by Crippen LogP contribution is 2.50. The fraction of sp³-hybridized carbons (Fsp3) is 0.571. The van der Waals surface area contributed by atoms with Crippen molar-refractivity contribution >= 4 is 15.8 Å². The molecule has 1 aliphatic rings. The Hall–Kier alpha value is -1.47. The van der Waals surface area contributed by atoms with E-state index >= 15 is 0 Å². The van der Waals surface area contributed by atoms with Crippen molar-refractivity contribution in [3.8, 4) is 0 Å². The quantitative estimate of drug-likeness (QED) is 0.748. The number of rotatable bonds is 7. The Balaban J connectivity index is 2.07. The molecule has 1 heterocycles. The molecule has 116 valence electrons. The molecule has 0 saturated heterocycles. The number of nitrogens with zero attached hydrogens (tertiary/aromatic N) is 1. The first-order valence-electron chi connectivity index (χ1n) is 6.80. The van der Waals surface area contributed by atoms with E-state index in [1.165, 1.54) is 7.11 Å². The van der Waals surface area contributed by atoms with Gasteiger partial charge in [0.15, 0.2) is 9.84 Å². The van der Waals surface area contributed by atoms with Crippen LogP contribution in [0, 0.1) is 5.41 Å². The molecule has 1 aliphatic carbocycles. The van der Waals surface area contributed by atoms with Crippen molar-refractivity contribution < 1.29 is 17.9 Å². The Morgan fingerprint density at radius 3 is 2.76 bits per heavy atom. The van der Waals surface area contributed by atoms with E-state index in [2.05, 4.69) is 9.72 Å². The molecule has 6 nitrogen and oxygen atoms in total. The second-order valence-electron chi connectivity index (χ2n) is 5.60. The highest BCUT2D eigenvalue weighted by atomic mass is 32.2. The van der Waals surface area contributed by atoms with Crippen LogP contribution in [0.2, 0.25) is 0 Å². The summed E-state index contributed by atoms with van der Waals surface area (Å²) in [6, 6.07) is 3.43. The summed E-state index contributed by atoms with van der Waals surface area (Å²) in [5.74, 6) is -0.434. The van der Waals surface area contributed by atoms with Crippen molar-refractivity contribution in [1.29, 1.82) is 0 Å². The normalized spacial score (nSPS) is 16.5. The Bertz CT molecular complexity index is 624. The van der Waals surface area contributed by atoms with E-state index in [9.17, 15) is 13.2 Å². The van der Waals surface area contributed by atoms with Crippen molar-refractivity contribution in [3.05, 3.63) is 29.6 Å². The van der Waals surface area contributed by atoms with Crippen LogP contribution in [0.3, 0.4) is 0 Å². The van der Waals surface area contributed by atoms with Crippen LogP contribution < -0.4 is 5.73 Å². The lowest BCUT2D eigenvalue weighted by atomic mass is 10.1. The van der Waals surface area contributed by atoms with Gasteiger partial charge in [-0.3, -0.25) is 9.78 Å². The van der Waals surface area contributed by atoms with E-state index in [-0.39, 0.29) is 30.4 Å². The predicted molar refractivity (Wildman–Crippen MR) is 77.9 cm³/mol. The lowest BCUT2D eigenvalue weighted by molar-refractivity contribution is -0.141. The molecule has 21 heavy (non-hydrogen) atoms. The molecule has 2 rings (SSSR count). The fourth-order valence-electron chi connectivity index (χ4n) is 2.47. The number of hydrogen-bond acceptors (Lipinski definition) is 6. The first kappa shape index (κ1) is 15.9. The summed E-state index contributed by atoms with van der Waals surface area (Å²) in [4.78, 5) is 15.5. The number of hydrogen-bond donors (Lipinski definition) is 1. The van der Waals surface area contributed by atoms with Crippen LogP contribution in [0.1, 0.15) is 30.5 Å². The van der Waals surface area contributed by atoms with E-state index in [0.717, 1.165) is 12.8 Å². The maximum Gasteiger partial charge on any atom is 0.306 e. The predicted octanol–water partition coefficient (Wildman–Crippen LogP) is 0.798. The van der Waals surface area contributed by atoms with Crippen molar-refractivity contribution in [3.63, 3.8) is 0 Å². The monoisotopic (exact) mass is 312 g/mol. The van der Waals surface area contributed by atoms with Crippen molar-refractivity contribution in [2.24, 2.45) is 11.1 Å². The Morgan fingerprint density at radius 1 is 1.48 bits per heavy atom. The Kier molecular flexibility index (Phi) is 4.63. The molecule has 0 bridgehead atoms. The number of pyridine rings is 1. The number of sulfone groups is 1. The topological polar surface area (TPSA) is 99.4 Å². The van der Waals surface area contributed by atoms with Gasteiger partial charge in [0.25, 0.3) is 0 Å². The SMILES string of the molecule is COC(=O)CC1(CS(=O)(=O)Cc2cccnc2CN)CC1. The third-order valence-corrected chi connectivity index (χ3v) is 5.59. The van der Waals surface area contributed by atoms with Crippen LogP contribution in [0.5, 0.6) is 0 Å². The van der Waals surface area contributed by atoms with E-state index in [1.807, 2.05) is 0 Å². The molecule has 0 amide bonds. The number of esters is 1. The first-order valence-corrected chi connectivity index (χ1v) is 8.62. The molecular formula is C14H20N2O4S. The number of aromatic nitrogens is 1. The molecule has 1 aromatic heterocycles. The van der Waals surface area contributed by atoms with Crippen molar-refractivity contribution in [2.75, 3.05) is 12.9 Å². The largest absolute Gasteiger partial charge is 0.469 e. The van der Waals surface area contributed by atoms with Gasteiger partial charge in [-0.25, -0.2) is 8.42 Å². The molecule has 1 aromatic rings. The Morgan fingerprint density at radius 2 is 2.19 bits per heavy atom. The van der Waals surface area contributed by atoms with Gasteiger partial charge in [-0.05, 0) is 29.9 Å². The molecule has 2 N–H and O–H groups in total. The first-order chi connectivity index (χ1) is 9.90. The van der Waals surface area contributed by atoms with Gasteiger partial charge in [-0.1, -0.05) is 6.07 Å². The van der Waals surface area contributed by atoms with Crippen molar-refractivity contribution in [1.82, 2.24) is 4.98 Å². The van der Waals surface area contributed by atoms with Gasteiger partial charge in [0.2, 0.25) is 0 Å². The van der Waals surface area contributed by atoms with Crippen LogP contribution in [0.4, 0.5) is 0 Å². The van der Waals surface area contributed by atoms with Crippen LogP contribution in [0.25, 0.3) is 0 Å². The zero-order valence-electron chi connectivity index (χ0n) is 12.0. The standard InChI is InChI=1S/C14H20N2O4S/c1-20-13(17)7-14(4-5-14)10-21(18,19)9-11-3-2-6-16-12(11)8-15/h2-3,6H,4-5,7-10,15H2,1H3. The minimum atomic E-state index is -3.32. The summed E-state index contributed by atoms with van der Waals surface area (Å²) in [6.45, 7) is 0.207. The fourth-order valence-corrected chi connectivity index (χ4v) is 4.63. The van der Waals surface area contributed by atoms with E-state index in [0.29, 0.717) is 11.3 Å². The smallest absolute Gasteiger partial charge is 0.306 e. The molecule has 0 aromatic carbocycles. The molecular weight excluding hydrogens is 292 g/mol. The van der Waals surface area contributed by atoms with Crippen LogP contribution in [-0.4, -0.2) is 32.2 Å². The second-order valence-corrected chi connectivity index (χ2v) is 7.66. The molecule has 7 heteroatoms. The summed E-state index contributed by atoms with van der Waals surface area (Å²) in [5.41, 5.74) is 6.37. The molecule has 0 aliphatic heterocycles. The summed E-state index contributed by atoms with van der Waals surface area (Å²) in [7, 11) is -2.00. The number of methoxy groups -OCH3 is 1. The maximum absolute atomic E-state index is 12.4. The van der Waals surface area contributed by atoms with Crippen LogP contribution in [0.15, 0.2) is 18.3 Å². The molecule has 0 unspecified atom stereocenters. The minimum Gasteiger partial charge on any atom is -0.469 e. The minimum absolute atomic E-state index is 0.00794. The average molecular weight is 312 g/mol. The van der Waals surface area contributed by atoms with Gasteiger partial charge in [-0.2, -0.15) is 0 Å². The average Bonchev–Trinajstić information content (AvgIpc) is 3.17. The number of carbonyl (C=O) groups is 1. The number of nitrogens with two attached hydrogens (primary N) is 1. The van der Waals surface area contributed by atoms with E-state index in [4.69, 9.17) is 5.73 Å². The maximum atomic E-state index is 12.4. The second kappa shape index (κ2) is 6.11. The highest BCUT2D eigenvalue weighted by Gasteiger charge is 2.47. The van der Waals surface area contributed by atoms with E-state index in [1.54, 1.807) is 18.3 Å². The zero-order chi connectivity index (χ0) is 15.5. The van der Waals surface area contributed by atoms with Gasteiger partial charge in [0.1, 0.15) is 0 Å². The van der Waals surface area contributed by atoms with Gasteiger partial charge in [0, 0.05) is 12.7 Å². The molecule has 1 fully saturated rings. The van der Waals surface area contributed by atoms with E-state index < -0.39 is 15.3 Å². The molecule has 1 saturated carbocycles. The van der Waals surface area contributed by atoms with Gasteiger partial charge in [-0.15, -0.1) is 0 Å². The van der Waals surface area contributed by atoms with Gasteiger partial charge >= 0.3 is 5.97 Å². The summed E-state index contributed by atoms with van der Waals surface area (Å²) < 4.78 is 29.4. The molecule has 0 atom stereocenters. The van der Waals surface area contributed by atoms with Gasteiger partial charge in [0.05, 0.1) is 30.7 Å².